The van der Waals surface area contributed by atoms with E-state index in [0.29, 0.717) is 11.2 Å². The van der Waals surface area contributed by atoms with Crippen LogP contribution in [0.25, 0.3) is 22.2 Å². The van der Waals surface area contributed by atoms with Crippen LogP contribution in [0.4, 0.5) is 5.95 Å². The van der Waals surface area contributed by atoms with Crippen molar-refractivity contribution in [3.8, 4) is 17.2 Å². The van der Waals surface area contributed by atoms with Gasteiger partial charge in [0.05, 0.1) is 5.56 Å². The van der Waals surface area contributed by atoms with Gasteiger partial charge in [-0.15, -0.1) is 0 Å². The number of piperazine rings is 1. The van der Waals surface area contributed by atoms with E-state index in [-0.39, 0.29) is 0 Å². The highest BCUT2D eigenvalue weighted by molar-refractivity contribution is 5.96. The van der Waals surface area contributed by atoms with E-state index >= 15 is 0 Å². The van der Waals surface area contributed by atoms with Gasteiger partial charge in [0.25, 0.3) is 0 Å². The lowest BCUT2D eigenvalue weighted by atomic mass is 10.0. The summed E-state index contributed by atoms with van der Waals surface area (Å²) in [4.78, 5) is 20.9. The first-order valence-corrected chi connectivity index (χ1v) is 7.88. The monoisotopic (exact) mass is 319 g/mol. The highest BCUT2D eigenvalue weighted by Crippen LogP contribution is 2.29. The Morgan fingerprint density at radius 1 is 1.12 bits per heavy atom. The molecule has 0 aliphatic carbocycles. The lowest BCUT2D eigenvalue weighted by Crippen LogP contribution is -2.45. The van der Waals surface area contributed by atoms with Crippen LogP contribution in [0.15, 0.2) is 30.9 Å². The molecule has 1 fully saturated rings. The van der Waals surface area contributed by atoms with E-state index < -0.39 is 0 Å². The van der Waals surface area contributed by atoms with Crippen molar-refractivity contribution in [1.29, 1.82) is 5.26 Å². The van der Waals surface area contributed by atoms with Gasteiger partial charge in [-0.1, -0.05) is 0 Å². The van der Waals surface area contributed by atoms with Gasteiger partial charge in [-0.05, 0) is 18.7 Å². The summed E-state index contributed by atoms with van der Waals surface area (Å²) in [5, 5.41) is 10.1. The van der Waals surface area contributed by atoms with Crippen molar-refractivity contribution in [2.24, 2.45) is 0 Å². The molecule has 0 spiro atoms. The summed E-state index contributed by atoms with van der Waals surface area (Å²) in [5.74, 6) is 0.756. The Morgan fingerprint density at radius 3 is 2.58 bits per heavy atom. The van der Waals surface area contributed by atoms with Gasteiger partial charge < -0.3 is 14.8 Å². The maximum absolute atomic E-state index is 9.29. The van der Waals surface area contributed by atoms with Gasteiger partial charge in [-0.25, -0.2) is 15.0 Å². The summed E-state index contributed by atoms with van der Waals surface area (Å²) >= 11 is 0. The fraction of sp³-hybridized carbons (Fsp3) is 0.294. The molecule has 0 bridgehead atoms. The SMILES string of the molecule is CN1CCN(c2ncc(-c3ccnc4[nH]cc(C#N)c34)cn2)CC1. The molecule has 1 aliphatic rings. The van der Waals surface area contributed by atoms with Crippen LogP contribution < -0.4 is 4.90 Å². The summed E-state index contributed by atoms with van der Waals surface area (Å²) in [6, 6.07) is 4.10. The summed E-state index contributed by atoms with van der Waals surface area (Å²) in [7, 11) is 2.12. The smallest absolute Gasteiger partial charge is 0.225 e. The van der Waals surface area contributed by atoms with Gasteiger partial charge in [-0.3, -0.25) is 0 Å². The highest BCUT2D eigenvalue weighted by atomic mass is 15.3. The van der Waals surface area contributed by atoms with Gasteiger partial charge in [0.1, 0.15) is 11.7 Å². The topological polar surface area (TPSA) is 84.7 Å². The third-order valence-corrected chi connectivity index (χ3v) is 4.43. The number of hydrogen-bond acceptors (Lipinski definition) is 6. The lowest BCUT2D eigenvalue weighted by molar-refractivity contribution is 0.311. The fourth-order valence-corrected chi connectivity index (χ4v) is 3.02. The number of anilines is 1. The molecule has 1 aliphatic heterocycles. The summed E-state index contributed by atoms with van der Waals surface area (Å²) in [6.45, 7) is 3.91. The maximum atomic E-state index is 9.29. The number of likely N-dealkylation sites (N-methyl/N-ethyl adjacent to an activating group) is 1. The first kappa shape index (κ1) is 14.6. The molecule has 0 aromatic carbocycles. The highest BCUT2D eigenvalue weighted by Gasteiger charge is 2.17. The van der Waals surface area contributed by atoms with Crippen LogP contribution in [0.2, 0.25) is 0 Å². The number of rotatable bonds is 2. The minimum atomic E-state index is 0.580. The molecule has 0 saturated carbocycles. The predicted molar refractivity (Wildman–Crippen MR) is 91.5 cm³/mol. The standard InChI is InChI=1S/C17H17N7/c1-23-4-6-24(7-5-23)17-21-10-13(11-22-17)14-2-3-19-16-15(14)12(8-18)9-20-16/h2-3,9-11H,4-7H2,1H3,(H,19,20). The number of nitrogens with one attached hydrogen (secondary N) is 1. The Balaban J connectivity index is 1.69. The number of nitriles is 1. The van der Waals surface area contributed by atoms with Crippen molar-refractivity contribution in [1.82, 2.24) is 24.8 Å². The van der Waals surface area contributed by atoms with Crippen molar-refractivity contribution < 1.29 is 0 Å². The molecular formula is C17H17N7. The molecular weight excluding hydrogens is 302 g/mol. The molecule has 120 valence electrons. The van der Waals surface area contributed by atoms with E-state index in [1.807, 2.05) is 18.5 Å². The number of H-pyrrole nitrogens is 1. The Hall–Kier alpha value is -2.98. The molecule has 3 aromatic rings. The van der Waals surface area contributed by atoms with Crippen molar-refractivity contribution >= 4 is 17.0 Å². The quantitative estimate of drug-likeness (QED) is 0.773. The molecule has 7 heteroatoms. The zero-order chi connectivity index (χ0) is 16.5. The van der Waals surface area contributed by atoms with Crippen molar-refractivity contribution in [3.63, 3.8) is 0 Å². The molecule has 0 atom stereocenters. The van der Waals surface area contributed by atoms with Crippen LogP contribution in [0.3, 0.4) is 0 Å². The van der Waals surface area contributed by atoms with Crippen LogP contribution in [0.5, 0.6) is 0 Å². The van der Waals surface area contributed by atoms with Gasteiger partial charge in [0.2, 0.25) is 5.95 Å². The summed E-state index contributed by atoms with van der Waals surface area (Å²) in [6.07, 6.45) is 7.05. The van der Waals surface area contributed by atoms with Crippen LogP contribution in [-0.4, -0.2) is 58.1 Å². The van der Waals surface area contributed by atoms with Crippen molar-refractivity contribution in [2.45, 2.75) is 0 Å². The minimum absolute atomic E-state index is 0.580. The Kier molecular flexibility index (Phi) is 3.59. The third-order valence-electron chi connectivity index (χ3n) is 4.43. The lowest BCUT2D eigenvalue weighted by Gasteiger charge is -2.32. The predicted octanol–water partition coefficient (Wildman–Crippen LogP) is 1.64. The number of nitrogens with zero attached hydrogens (tertiary/aromatic N) is 6. The molecule has 4 rings (SSSR count). The Morgan fingerprint density at radius 2 is 1.88 bits per heavy atom. The van der Waals surface area contributed by atoms with E-state index in [1.54, 1.807) is 12.4 Å². The van der Waals surface area contributed by atoms with Gasteiger partial charge in [-0.2, -0.15) is 5.26 Å². The van der Waals surface area contributed by atoms with Crippen molar-refractivity contribution in [3.05, 3.63) is 36.4 Å². The molecule has 0 unspecified atom stereocenters. The maximum Gasteiger partial charge on any atom is 0.225 e. The number of aromatic nitrogens is 4. The molecule has 0 amide bonds. The summed E-state index contributed by atoms with van der Waals surface area (Å²) < 4.78 is 0. The molecule has 24 heavy (non-hydrogen) atoms. The number of aromatic amines is 1. The molecule has 1 N–H and O–H groups in total. The average Bonchev–Trinajstić information content (AvgIpc) is 3.06. The Bertz CT molecular complexity index is 899. The zero-order valence-electron chi connectivity index (χ0n) is 13.4. The zero-order valence-corrected chi connectivity index (χ0v) is 13.4. The van der Waals surface area contributed by atoms with Crippen molar-refractivity contribution in [2.75, 3.05) is 38.1 Å². The largest absolute Gasteiger partial charge is 0.345 e. The Labute approximate surface area is 139 Å². The summed E-state index contributed by atoms with van der Waals surface area (Å²) in [5.41, 5.74) is 3.09. The molecule has 3 aromatic heterocycles. The fourth-order valence-electron chi connectivity index (χ4n) is 3.02. The van der Waals surface area contributed by atoms with Crippen LogP contribution in [0.1, 0.15) is 5.56 Å². The van der Waals surface area contributed by atoms with E-state index in [0.717, 1.165) is 48.6 Å². The molecule has 4 heterocycles. The minimum Gasteiger partial charge on any atom is -0.345 e. The number of pyridine rings is 1. The number of hydrogen-bond donors (Lipinski definition) is 1. The van der Waals surface area contributed by atoms with E-state index in [9.17, 15) is 5.26 Å². The van der Waals surface area contributed by atoms with Crippen LogP contribution in [0, 0.1) is 11.3 Å². The van der Waals surface area contributed by atoms with Gasteiger partial charge in [0, 0.05) is 61.9 Å². The first-order valence-electron chi connectivity index (χ1n) is 7.88. The van der Waals surface area contributed by atoms with Crippen LogP contribution >= 0.6 is 0 Å². The van der Waals surface area contributed by atoms with E-state index in [1.165, 1.54) is 0 Å². The second-order valence-electron chi connectivity index (χ2n) is 5.96. The molecule has 7 nitrogen and oxygen atoms in total. The molecule has 0 radical (unpaired) electrons. The van der Waals surface area contributed by atoms with E-state index in [4.69, 9.17) is 0 Å². The second kappa shape index (κ2) is 5.91. The number of fused-ring (bicyclic) bond motifs is 1. The van der Waals surface area contributed by atoms with E-state index in [2.05, 4.69) is 42.9 Å². The average molecular weight is 319 g/mol. The van der Waals surface area contributed by atoms with Gasteiger partial charge >= 0.3 is 0 Å². The molecule has 1 saturated heterocycles. The normalized spacial score (nSPS) is 15.6. The second-order valence-corrected chi connectivity index (χ2v) is 5.96. The third kappa shape index (κ3) is 2.47. The van der Waals surface area contributed by atoms with Gasteiger partial charge in [0.15, 0.2) is 0 Å². The first-order chi connectivity index (χ1) is 11.8. The van der Waals surface area contributed by atoms with Crippen LogP contribution in [-0.2, 0) is 0 Å².